The Balaban J connectivity index is 1.65. The standard InChI is InChI=1S/C17H17FN4OS/c1-12-6-5-7-13(2)16(12)22-17(19-20-21-22)24-11-10-23-15-9-4-3-8-14(15)18/h3-9H,10-11H2,1-2H3. The number of hydrogen-bond acceptors (Lipinski definition) is 5. The molecule has 0 aliphatic carbocycles. The van der Waals surface area contributed by atoms with Crippen LogP contribution in [0.2, 0.25) is 0 Å². The summed E-state index contributed by atoms with van der Waals surface area (Å²) in [6, 6.07) is 12.4. The molecule has 0 saturated carbocycles. The molecular weight excluding hydrogens is 327 g/mol. The molecule has 0 aliphatic heterocycles. The molecule has 0 atom stereocenters. The molecule has 0 radical (unpaired) electrons. The van der Waals surface area contributed by atoms with Crippen LogP contribution in [0, 0.1) is 19.7 Å². The van der Waals surface area contributed by atoms with Gasteiger partial charge in [-0.15, -0.1) is 5.10 Å². The summed E-state index contributed by atoms with van der Waals surface area (Å²) in [6.45, 7) is 4.42. The summed E-state index contributed by atoms with van der Waals surface area (Å²) < 4.78 is 20.7. The summed E-state index contributed by atoms with van der Waals surface area (Å²) in [4.78, 5) is 0. The zero-order valence-electron chi connectivity index (χ0n) is 13.4. The predicted octanol–water partition coefficient (Wildman–Crippen LogP) is 3.59. The van der Waals surface area contributed by atoms with Gasteiger partial charge in [-0.3, -0.25) is 0 Å². The van der Waals surface area contributed by atoms with Crippen LogP contribution in [0.1, 0.15) is 11.1 Å². The molecule has 124 valence electrons. The second kappa shape index (κ2) is 7.44. The number of hydrogen-bond donors (Lipinski definition) is 0. The SMILES string of the molecule is Cc1cccc(C)c1-n1nnnc1SCCOc1ccccc1F. The van der Waals surface area contributed by atoms with Gasteiger partial charge in [-0.05, 0) is 47.5 Å². The van der Waals surface area contributed by atoms with Gasteiger partial charge in [-0.1, -0.05) is 42.1 Å². The number of aromatic nitrogens is 4. The average Bonchev–Trinajstić information content (AvgIpc) is 3.01. The lowest BCUT2D eigenvalue weighted by atomic mass is 10.1. The van der Waals surface area contributed by atoms with Crippen molar-refractivity contribution in [3.8, 4) is 11.4 Å². The summed E-state index contributed by atoms with van der Waals surface area (Å²) in [5.74, 6) is 0.509. The minimum absolute atomic E-state index is 0.257. The van der Waals surface area contributed by atoms with E-state index in [2.05, 4.69) is 15.5 Å². The molecule has 24 heavy (non-hydrogen) atoms. The second-order valence-electron chi connectivity index (χ2n) is 5.24. The first kappa shape index (κ1) is 16.4. The van der Waals surface area contributed by atoms with Gasteiger partial charge in [-0.2, -0.15) is 4.68 Å². The van der Waals surface area contributed by atoms with Crippen LogP contribution in [0.25, 0.3) is 5.69 Å². The number of thioether (sulfide) groups is 1. The third-order valence-corrected chi connectivity index (χ3v) is 4.38. The van der Waals surface area contributed by atoms with Crippen molar-refractivity contribution in [1.82, 2.24) is 20.2 Å². The number of ether oxygens (including phenoxy) is 1. The number of aryl methyl sites for hydroxylation is 2. The number of halogens is 1. The molecule has 1 aromatic heterocycles. The highest BCUT2D eigenvalue weighted by Gasteiger charge is 2.13. The Kier molecular flexibility index (Phi) is 5.10. The fourth-order valence-corrected chi connectivity index (χ4v) is 3.09. The first-order valence-corrected chi connectivity index (χ1v) is 8.50. The number of para-hydroxylation sites is 2. The van der Waals surface area contributed by atoms with Gasteiger partial charge >= 0.3 is 0 Å². The molecule has 0 aliphatic rings. The summed E-state index contributed by atoms with van der Waals surface area (Å²) >= 11 is 1.47. The highest BCUT2D eigenvalue weighted by Crippen LogP contribution is 2.23. The van der Waals surface area contributed by atoms with Crippen LogP contribution in [0.4, 0.5) is 4.39 Å². The van der Waals surface area contributed by atoms with Gasteiger partial charge in [0.15, 0.2) is 11.6 Å². The summed E-state index contributed by atoms with van der Waals surface area (Å²) in [6.07, 6.45) is 0. The fourth-order valence-electron chi connectivity index (χ4n) is 2.40. The number of nitrogens with zero attached hydrogens (tertiary/aromatic N) is 4. The Morgan fingerprint density at radius 1 is 1.08 bits per heavy atom. The maximum Gasteiger partial charge on any atom is 0.214 e. The predicted molar refractivity (Wildman–Crippen MR) is 91.2 cm³/mol. The number of rotatable bonds is 6. The highest BCUT2D eigenvalue weighted by molar-refractivity contribution is 7.99. The lowest BCUT2D eigenvalue weighted by Crippen LogP contribution is -2.06. The van der Waals surface area contributed by atoms with E-state index in [1.807, 2.05) is 32.0 Å². The molecule has 7 heteroatoms. The molecule has 3 aromatic rings. The largest absolute Gasteiger partial charge is 0.490 e. The maximum atomic E-state index is 13.5. The van der Waals surface area contributed by atoms with Crippen LogP contribution in [0.15, 0.2) is 47.6 Å². The van der Waals surface area contributed by atoms with Gasteiger partial charge in [0.25, 0.3) is 0 Å². The van der Waals surface area contributed by atoms with Crippen LogP contribution in [0.3, 0.4) is 0 Å². The highest BCUT2D eigenvalue weighted by atomic mass is 32.2. The Hall–Kier alpha value is -2.41. The van der Waals surface area contributed by atoms with E-state index in [9.17, 15) is 4.39 Å². The Bertz CT molecular complexity index is 817. The van der Waals surface area contributed by atoms with Crippen LogP contribution in [-0.2, 0) is 0 Å². The van der Waals surface area contributed by atoms with Crippen molar-refractivity contribution in [3.05, 3.63) is 59.4 Å². The van der Waals surface area contributed by atoms with Gasteiger partial charge in [0, 0.05) is 5.75 Å². The molecule has 0 unspecified atom stereocenters. The topological polar surface area (TPSA) is 52.8 Å². The van der Waals surface area contributed by atoms with Gasteiger partial charge in [-0.25, -0.2) is 4.39 Å². The fraction of sp³-hybridized carbons (Fsp3) is 0.235. The second-order valence-corrected chi connectivity index (χ2v) is 6.30. The molecule has 0 saturated heterocycles. The van der Waals surface area contributed by atoms with Crippen molar-refractivity contribution < 1.29 is 9.13 Å². The zero-order valence-corrected chi connectivity index (χ0v) is 14.3. The molecule has 5 nitrogen and oxygen atoms in total. The van der Waals surface area contributed by atoms with E-state index in [0.29, 0.717) is 17.5 Å². The van der Waals surface area contributed by atoms with E-state index in [4.69, 9.17) is 4.74 Å². The molecule has 0 amide bonds. The average molecular weight is 344 g/mol. The van der Waals surface area contributed by atoms with Crippen molar-refractivity contribution in [2.24, 2.45) is 0 Å². The van der Waals surface area contributed by atoms with E-state index in [-0.39, 0.29) is 11.6 Å². The Morgan fingerprint density at radius 2 is 1.83 bits per heavy atom. The molecule has 0 N–H and O–H groups in total. The van der Waals surface area contributed by atoms with Crippen molar-refractivity contribution >= 4 is 11.8 Å². The number of benzene rings is 2. The van der Waals surface area contributed by atoms with E-state index < -0.39 is 0 Å². The normalized spacial score (nSPS) is 10.8. The summed E-state index contributed by atoms with van der Waals surface area (Å²) in [5.41, 5.74) is 3.19. The van der Waals surface area contributed by atoms with Crippen molar-refractivity contribution in [2.45, 2.75) is 19.0 Å². The first-order valence-electron chi connectivity index (χ1n) is 7.52. The lowest BCUT2D eigenvalue weighted by molar-refractivity contribution is 0.325. The summed E-state index contributed by atoms with van der Waals surface area (Å²) in [7, 11) is 0. The molecule has 2 aromatic carbocycles. The van der Waals surface area contributed by atoms with Crippen LogP contribution in [0.5, 0.6) is 5.75 Å². The molecule has 3 rings (SSSR count). The van der Waals surface area contributed by atoms with E-state index >= 15 is 0 Å². The van der Waals surface area contributed by atoms with Gasteiger partial charge in [0.05, 0.1) is 12.3 Å². The monoisotopic (exact) mass is 344 g/mol. The van der Waals surface area contributed by atoms with Crippen molar-refractivity contribution in [3.63, 3.8) is 0 Å². The molecular formula is C17H17FN4OS. The van der Waals surface area contributed by atoms with Crippen molar-refractivity contribution in [2.75, 3.05) is 12.4 Å². The molecule has 1 heterocycles. The van der Waals surface area contributed by atoms with Gasteiger partial charge in [0.1, 0.15) is 0 Å². The third kappa shape index (κ3) is 3.56. The molecule has 0 fully saturated rings. The third-order valence-electron chi connectivity index (χ3n) is 3.50. The number of tetrazole rings is 1. The lowest BCUT2D eigenvalue weighted by Gasteiger charge is -2.11. The molecule has 0 bridgehead atoms. The van der Waals surface area contributed by atoms with E-state index in [1.165, 1.54) is 17.8 Å². The first-order chi connectivity index (χ1) is 11.7. The Labute approximate surface area is 143 Å². The van der Waals surface area contributed by atoms with E-state index in [0.717, 1.165) is 16.8 Å². The van der Waals surface area contributed by atoms with Gasteiger partial charge < -0.3 is 4.74 Å². The smallest absolute Gasteiger partial charge is 0.214 e. The van der Waals surface area contributed by atoms with Gasteiger partial charge in [0.2, 0.25) is 5.16 Å². The van der Waals surface area contributed by atoms with E-state index in [1.54, 1.807) is 22.9 Å². The summed E-state index contributed by atoms with van der Waals surface area (Å²) in [5, 5.41) is 12.6. The Morgan fingerprint density at radius 3 is 2.58 bits per heavy atom. The van der Waals surface area contributed by atoms with Crippen molar-refractivity contribution in [1.29, 1.82) is 0 Å². The van der Waals surface area contributed by atoms with Crippen LogP contribution in [-0.4, -0.2) is 32.6 Å². The minimum atomic E-state index is -0.358. The molecule has 0 spiro atoms. The minimum Gasteiger partial charge on any atom is -0.490 e. The zero-order chi connectivity index (χ0) is 16.9. The van der Waals surface area contributed by atoms with Crippen LogP contribution >= 0.6 is 11.8 Å². The maximum absolute atomic E-state index is 13.5. The quantitative estimate of drug-likeness (QED) is 0.505. The van der Waals surface area contributed by atoms with Crippen LogP contribution < -0.4 is 4.74 Å².